The highest BCUT2D eigenvalue weighted by Crippen LogP contribution is 2.48. The van der Waals surface area contributed by atoms with Crippen molar-refractivity contribution < 1.29 is 42.2 Å². The van der Waals surface area contributed by atoms with Crippen LogP contribution in [0.3, 0.4) is 0 Å². The number of anilines is 1. The van der Waals surface area contributed by atoms with Gasteiger partial charge in [-0.15, -0.1) is 0 Å². The zero-order valence-corrected chi connectivity index (χ0v) is 40.8. The number of nitrogens with zero attached hydrogens (tertiary/aromatic N) is 7. The largest absolute Gasteiger partial charge is 0.468 e. The number of aryl methyl sites for hydroxylation is 1. The third-order valence-electron chi connectivity index (χ3n) is 15.9. The van der Waals surface area contributed by atoms with E-state index in [4.69, 9.17) is 28.7 Å². The Morgan fingerprint density at radius 3 is 2.51 bits per heavy atom. The molecule has 2 amide bonds. The number of amides is 2. The Morgan fingerprint density at radius 2 is 1.76 bits per heavy atom. The first-order valence-corrected chi connectivity index (χ1v) is 25.4. The van der Waals surface area contributed by atoms with E-state index in [1.54, 1.807) is 31.3 Å². The van der Waals surface area contributed by atoms with Crippen LogP contribution >= 0.6 is 0 Å². The molecule has 71 heavy (non-hydrogen) atoms. The molecule has 0 spiro atoms. The fraction of sp³-hybridized carbons (Fsp3) is 0.519. The Labute approximate surface area is 411 Å². The topological polar surface area (TPSA) is 169 Å². The van der Waals surface area contributed by atoms with E-state index in [-0.39, 0.29) is 47.1 Å². The molecule has 1 saturated carbocycles. The number of hydrogen-bond acceptors (Lipinski definition) is 14. The first kappa shape index (κ1) is 47.4. The smallest absolute Gasteiger partial charge is 0.319 e. The number of ether oxygens (including phenoxy) is 3. The number of fused-ring (bicyclic) bond motifs is 3. The molecule has 15 nitrogen and oxygen atoms in total. The van der Waals surface area contributed by atoms with Crippen molar-refractivity contribution in [2.45, 2.75) is 108 Å². The molecule has 17 heteroatoms. The summed E-state index contributed by atoms with van der Waals surface area (Å²) in [5.41, 5.74) is 2.35. The zero-order valence-electron chi connectivity index (χ0n) is 40.8. The van der Waals surface area contributed by atoms with Gasteiger partial charge in [-0.05, 0) is 144 Å². The van der Waals surface area contributed by atoms with Gasteiger partial charge < -0.3 is 38.5 Å². The number of likely N-dealkylation sites (tertiary alicyclic amines) is 2. The van der Waals surface area contributed by atoms with Crippen molar-refractivity contribution in [1.29, 1.82) is 0 Å². The summed E-state index contributed by atoms with van der Waals surface area (Å²) < 4.78 is 56.2. The van der Waals surface area contributed by atoms with Gasteiger partial charge in [0.2, 0.25) is 11.8 Å². The number of nitrogens with one attached hydrogen (secondary N) is 1. The molecule has 374 valence electrons. The molecule has 1 unspecified atom stereocenters. The first-order valence-electron chi connectivity index (χ1n) is 25.4. The number of pyridine rings is 1. The average Bonchev–Trinajstić information content (AvgIpc) is 4.01. The molecule has 0 bridgehead atoms. The number of β-amino-alcohol motifs (C(OH)–C–C–N with tert-alkyl or cyclic N) is 1. The molecule has 4 aliphatic heterocycles. The fourth-order valence-corrected chi connectivity index (χ4v) is 11.9. The summed E-state index contributed by atoms with van der Waals surface area (Å²) in [6.07, 6.45) is 10.3. The fourth-order valence-electron chi connectivity index (χ4n) is 11.9. The number of carbonyl (C=O) groups excluding carboxylic acids is 2. The predicted octanol–water partition coefficient (Wildman–Crippen LogP) is 8.18. The lowest BCUT2D eigenvalue weighted by Crippen LogP contribution is -2.48. The monoisotopic (exact) mass is 972 g/mol. The van der Waals surface area contributed by atoms with Crippen molar-refractivity contribution in [2.75, 3.05) is 71.2 Å². The van der Waals surface area contributed by atoms with E-state index >= 15 is 8.78 Å². The highest BCUT2D eigenvalue weighted by molar-refractivity contribution is 6.03. The Balaban J connectivity index is 0.774. The Bertz CT molecular complexity index is 3000. The van der Waals surface area contributed by atoms with Crippen LogP contribution in [0.2, 0.25) is 0 Å². The molecule has 2 N–H and O–H groups in total. The molecule has 3 aromatic heterocycles. The molecular formula is C54H62F2N8O7. The molecular weight excluding hydrogens is 911 g/mol. The van der Waals surface area contributed by atoms with Gasteiger partial charge in [-0.2, -0.15) is 9.97 Å². The van der Waals surface area contributed by atoms with Gasteiger partial charge in [0.15, 0.2) is 18.2 Å². The third-order valence-corrected chi connectivity index (χ3v) is 15.9. The molecule has 1 aliphatic carbocycles. The lowest BCUT2D eigenvalue weighted by Gasteiger charge is -2.42. The van der Waals surface area contributed by atoms with Crippen LogP contribution in [-0.4, -0.2) is 125 Å². The van der Waals surface area contributed by atoms with Crippen LogP contribution in [0.1, 0.15) is 107 Å². The second-order valence-corrected chi connectivity index (χ2v) is 20.9. The van der Waals surface area contributed by atoms with E-state index in [0.29, 0.717) is 102 Å². The molecule has 2 atom stereocenters. The van der Waals surface area contributed by atoms with Crippen molar-refractivity contribution in [1.82, 2.24) is 35.2 Å². The second-order valence-electron chi connectivity index (χ2n) is 20.9. The number of carbonyl (C=O) groups is 2. The van der Waals surface area contributed by atoms with Gasteiger partial charge in [0.05, 0.1) is 23.5 Å². The maximum atomic E-state index is 17.4. The number of hydrogen-bond donors (Lipinski definition) is 2. The molecule has 11 rings (SSSR count). The molecule has 4 saturated heterocycles. The average molecular weight is 973 g/mol. The molecule has 7 heterocycles. The van der Waals surface area contributed by atoms with E-state index in [1.807, 2.05) is 24.0 Å². The van der Waals surface area contributed by atoms with E-state index in [1.165, 1.54) is 13.2 Å². The standard InChI is InChI=1S/C54H62F2N8O7/c1-4-36-42(55)11-9-33-25-35(70-31-68-3)26-40(44(33)36)47-45(56)48-41(27-57-47)50(64-20-6-17-53(2,67)28-64)60-52(59-48)69-30-54(18-19-54)29-62-21-15-34(16-22-62)63-23-13-32(14-24-63)37-7-5-8-38-46(61-71-49(37)38)39-10-12-43(65)58-51(39)66/h5,7-9,11,25-27,32,34,39,67H,4,6,10,12-24,28-31H2,1-3H3,(H,58,65,66)/t39?,53-/m1/s1. The number of halogens is 2. The van der Waals surface area contributed by atoms with Crippen LogP contribution < -0.4 is 19.7 Å². The van der Waals surface area contributed by atoms with Gasteiger partial charge in [0, 0.05) is 67.3 Å². The van der Waals surface area contributed by atoms with Crippen molar-refractivity contribution in [2.24, 2.45) is 5.41 Å². The van der Waals surface area contributed by atoms with Crippen LogP contribution in [0.4, 0.5) is 14.6 Å². The van der Waals surface area contributed by atoms with Crippen molar-refractivity contribution in [3.8, 4) is 23.0 Å². The minimum Gasteiger partial charge on any atom is -0.468 e. The van der Waals surface area contributed by atoms with Gasteiger partial charge in [-0.1, -0.05) is 30.3 Å². The SMILES string of the molecule is CCc1c(F)ccc2cc(OCOC)cc(-c3ncc4c(N5CCC[C@@](C)(O)C5)nc(OCC5(CN6CCC(N7CCC(c8cccc9c(C%10CCC(=O)NC%10=O)noc89)CC7)CC6)CC5)nc4c3F)c12. The number of benzene rings is 3. The predicted molar refractivity (Wildman–Crippen MR) is 263 cm³/mol. The van der Waals surface area contributed by atoms with Crippen LogP contribution in [0.5, 0.6) is 11.8 Å². The van der Waals surface area contributed by atoms with Crippen LogP contribution in [0.25, 0.3) is 43.9 Å². The van der Waals surface area contributed by atoms with Gasteiger partial charge >= 0.3 is 6.01 Å². The molecule has 3 aromatic carbocycles. The van der Waals surface area contributed by atoms with E-state index in [0.717, 1.165) is 94.2 Å². The maximum absolute atomic E-state index is 17.4. The molecule has 5 fully saturated rings. The minimum atomic E-state index is -0.965. The van der Waals surface area contributed by atoms with Crippen LogP contribution in [0, 0.1) is 17.0 Å². The molecule has 0 radical (unpaired) electrons. The van der Waals surface area contributed by atoms with E-state index < -0.39 is 17.3 Å². The summed E-state index contributed by atoms with van der Waals surface area (Å²) in [5, 5.41) is 20.5. The maximum Gasteiger partial charge on any atom is 0.319 e. The Hall–Kier alpha value is -5.88. The van der Waals surface area contributed by atoms with Gasteiger partial charge in [0.25, 0.3) is 0 Å². The van der Waals surface area contributed by atoms with E-state index in [2.05, 4.69) is 31.3 Å². The van der Waals surface area contributed by atoms with Crippen LogP contribution in [-0.2, 0) is 20.7 Å². The summed E-state index contributed by atoms with van der Waals surface area (Å²) in [6.45, 7) is 9.84. The zero-order chi connectivity index (χ0) is 49.0. The van der Waals surface area contributed by atoms with Crippen molar-refractivity contribution in [3.63, 3.8) is 0 Å². The lowest BCUT2D eigenvalue weighted by molar-refractivity contribution is -0.134. The highest BCUT2D eigenvalue weighted by Gasteiger charge is 2.46. The summed E-state index contributed by atoms with van der Waals surface area (Å²) >= 11 is 0. The Kier molecular flexibility index (Phi) is 12.9. The van der Waals surface area contributed by atoms with Gasteiger partial charge in [0.1, 0.15) is 34.3 Å². The molecule has 5 aliphatic rings. The number of imide groups is 1. The van der Waals surface area contributed by atoms with Gasteiger partial charge in [-0.25, -0.2) is 8.78 Å². The third kappa shape index (κ3) is 9.41. The number of aliphatic hydroxyl groups is 1. The first-order chi connectivity index (χ1) is 34.4. The number of piperidine rings is 4. The second kappa shape index (κ2) is 19.3. The minimum absolute atomic E-state index is 0.00420. The van der Waals surface area contributed by atoms with Crippen molar-refractivity contribution in [3.05, 3.63) is 77.1 Å². The molecule has 6 aromatic rings. The Morgan fingerprint density at radius 1 is 0.944 bits per heavy atom. The summed E-state index contributed by atoms with van der Waals surface area (Å²) in [4.78, 5) is 46.0. The van der Waals surface area contributed by atoms with Gasteiger partial charge in [-0.3, -0.25) is 19.9 Å². The number of methoxy groups -OCH3 is 1. The van der Waals surface area contributed by atoms with E-state index in [9.17, 15) is 14.7 Å². The summed E-state index contributed by atoms with van der Waals surface area (Å²) in [5.74, 6) is -0.895. The number of aromatic nitrogens is 4. The van der Waals surface area contributed by atoms with Crippen molar-refractivity contribution >= 4 is 50.3 Å². The highest BCUT2D eigenvalue weighted by atomic mass is 19.1. The summed E-state index contributed by atoms with van der Waals surface area (Å²) in [7, 11) is 1.52. The normalized spacial score (nSPS) is 22.7. The lowest BCUT2D eigenvalue weighted by atomic mass is 9.86. The summed E-state index contributed by atoms with van der Waals surface area (Å²) in [6, 6.07) is 13.2. The quantitative estimate of drug-likeness (QED) is 0.0792. The van der Waals surface area contributed by atoms with Crippen LogP contribution in [0.15, 0.2) is 53.2 Å². The number of para-hydroxylation sites is 1. The number of rotatable bonds is 14.